The van der Waals surface area contributed by atoms with Gasteiger partial charge in [-0.15, -0.1) is 0 Å². The molecule has 1 aromatic heterocycles. The molecule has 0 bridgehead atoms. The fourth-order valence-electron chi connectivity index (χ4n) is 2.03. The predicted molar refractivity (Wildman–Crippen MR) is 82.8 cm³/mol. The maximum Gasteiger partial charge on any atom is 0.181 e. The zero-order valence-corrected chi connectivity index (χ0v) is 12.7. The molecule has 0 saturated carbocycles. The molecule has 0 spiro atoms. The van der Waals surface area contributed by atoms with Gasteiger partial charge in [0.25, 0.3) is 0 Å². The molecule has 20 heavy (non-hydrogen) atoms. The molecule has 0 fully saturated rings. The van der Waals surface area contributed by atoms with Crippen molar-refractivity contribution in [3.05, 3.63) is 36.4 Å². The molecule has 1 aromatic carbocycles. The normalized spacial score (nSPS) is 11.1. The second kappa shape index (κ2) is 6.57. The molecule has 108 valence electrons. The summed E-state index contributed by atoms with van der Waals surface area (Å²) in [5, 5.41) is 3.40. The van der Waals surface area contributed by atoms with Crippen LogP contribution in [0.4, 0.5) is 5.69 Å². The van der Waals surface area contributed by atoms with Gasteiger partial charge in [-0.2, -0.15) is 0 Å². The fourth-order valence-corrected chi connectivity index (χ4v) is 2.03. The van der Waals surface area contributed by atoms with Crippen molar-refractivity contribution in [1.82, 2.24) is 10.3 Å². The summed E-state index contributed by atoms with van der Waals surface area (Å²) in [4.78, 5) is 6.40. The smallest absolute Gasteiger partial charge is 0.181 e. The third kappa shape index (κ3) is 3.61. The lowest BCUT2D eigenvalue weighted by molar-refractivity contribution is 0.545. The Kier molecular flexibility index (Phi) is 4.79. The number of hydrogen-bond acceptors (Lipinski definition) is 4. The van der Waals surface area contributed by atoms with Crippen molar-refractivity contribution in [2.24, 2.45) is 5.92 Å². The van der Waals surface area contributed by atoms with E-state index in [2.05, 4.69) is 47.2 Å². The topological polar surface area (TPSA) is 41.3 Å². The van der Waals surface area contributed by atoms with Gasteiger partial charge < -0.3 is 14.6 Å². The summed E-state index contributed by atoms with van der Waals surface area (Å²) in [6.07, 6.45) is 1.52. The minimum Gasteiger partial charge on any atom is -0.443 e. The van der Waals surface area contributed by atoms with Gasteiger partial charge in [-0.05, 0) is 24.6 Å². The zero-order valence-electron chi connectivity index (χ0n) is 12.7. The highest BCUT2D eigenvalue weighted by molar-refractivity contribution is 5.65. The summed E-state index contributed by atoms with van der Waals surface area (Å²) in [5.74, 6) is 1.48. The first-order chi connectivity index (χ1) is 9.58. The number of aromatic nitrogens is 1. The first-order valence-electron chi connectivity index (χ1n) is 6.98. The number of nitrogens with one attached hydrogen (secondary N) is 1. The number of benzene rings is 1. The van der Waals surface area contributed by atoms with Crippen LogP contribution >= 0.6 is 0 Å². The molecule has 0 radical (unpaired) electrons. The predicted octanol–water partition coefficient (Wildman–Crippen LogP) is 3.15. The average molecular weight is 273 g/mol. The third-order valence-electron chi connectivity index (χ3n) is 3.11. The van der Waals surface area contributed by atoms with E-state index in [1.165, 1.54) is 6.39 Å². The lowest BCUT2D eigenvalue weighted by Crippen LogP contribution is -2.19. The molecule has 0 aliphatic heterocycles. The Labute approximate surface area is 120 Å². The Hall–Kier alpha value is -1.81. The quantitative estimate of drug-likeness (QED) is 0.878. The zero-order chi connectivity index (χ0) is 14.5. The van der Waals surface area contributed by atoms with Crippen LogP contribution in [0.5, 0.6) is 0 Å². The van der Waals surface area contributed by atoms with Gasteiger partial charge in [0.2, 0.25) is 0 Å². The van der Waals surface area contributed by atoms with Gasteiger partial charge in [0.1, 0.15) is 5.69 Å². The van der Waals surface area contributed by atoms with Crippen LogP contribution in [0, 0.1) is 5.92 Å². The van der Waals surface area contributed by atoms with Crippen LogP contribution in [0.25, 0.3) is 11.3 Å². The molecule has 0 aliphatic rings. The summed E-state index contributed by atoms with van der Waals surface area (Å²) in [6, 6.07) is 8.29. The number of oxazole rings is 1. The van der Waals surface area contributed by atoms with Crippen LogP contribution in [-0.4, -0.2) is 25.6 Å². The Morgan fingerprint density at radius 3 is 2.80 bits per heavy atom. The maximum atomic E-state index is 5.57. The van der Waals surface area contributed by atoms with Gasteiger partial charge in [-0.3, -0.25) is 0 Å². The van der Waals surface area contributed by atoms with Gasteiger partial charge in [0, 0.05) is 31.9 Å². The van der Waals surface area contributed by atoms with E-state index in [1.54, 1.807) is 0 Å². The van der Waals surface area contributed by atoms with Crippen LogP contribution in [-0.2, 0) is 6.54 Å². The van der Waals surface area contributed by atoms with Gasteiger partial charge in [0.15, 0.2) is 12.2 Å². The monoisotopic (exact) mass is 273 g/mol. The Balaban J connectivity index is 2.17. The Morgan fingerprint density at radius 1 is 1.30 bits per heavy atom. The summed E-state index contributed by atoms with van der Waals surface area (Å²) in [6.45, 7) is 6.09. The van der Waals surface area contributed by atoms with E-state index >= 15 is 0 Å². The fraction of sp³-hybridized carbons (Fsp3) is 0.438. The van der Waals surface area contributed by atoms with Crippen molar-refractivity contribution >= 4 is 5.69 Å². The molecule has 4 nitrogen and oxygen atoms in total. The van der Waals surface area contributed by atoms with Gasteiger partial charge >= 0.3 is 0 Å². The first kappa shape index (κ1) is 14.6. The maximum absolute atomic E-state index is 5.57. The largest absolute Gasteiger partial charge is 0.443 e. The van der Waals surface area contributed by atoms with Crippen LogP contribution in [0.2, 0.25) is 0 Å². The van der Waals surface area contributed by atoms with Gasteiger partial charge in [-0.25, -0.2) is 4.98 Å². The lowest BCUT2D eigenvalue weighted by atomic mass is 10.1. The summed E-state index contributed by atoms with van der Waals surface area (Å²) < 4.78 is 5.57. The Morgan fingerprint density at radius 2 is 2.10 bits per heavy atom. The van der Waals surface area contributed by atoms with E-state index in [4.69, 9.17) is 4.42 Å². The van der Waals surface area contributed by atoms with Crippen molar-refractivity contribution in [3.63, 3.8) is 0 Å². The number of rotatable bonds is 6. The molecule has 0 aliphatic carbocycles. The molecule has 0 atom stereocenters. The molecule has 2 rings (SSSR count). The first-order valence-corrected chi connectivity index (χ1v) is 6.98. The van der Waals surface area contributed by atoms with Gasteiger partial charge in [-0.1, -0.05) is 26.0 Å². The molecular weight excluding hydrogens is 250 g/mol. The minimum absolute atomic E-state index is 0.627. The number of nitrogens with zero attached hydrogens (tertiary/aromatic N) is 2. The SMILES string of the molecule is CC(C)CNCc1ncoc1-c1cccc(N(C)C)c1. The highest BCUT2D eigenvalue weighted by Crippen LogP contribution is 2.26. The van der Waals surface area contributed by atoms with E-state index in [0.29, 0.717) is 5.92 Å². The van der Waals surface area contributed by atoms with Crippen molar-refractivity contribution in [1.29, 1.82) is 0 Å². The van der Waals surface area contributed by atoms with E-state index in [1.807, 2.05) is 20.2 Å². The van der Waals surface area contributed by atoms with E-state index < -0.39 is 0 Å². The van der Waals surface area contributed by atoms with Crippen molar-refractivity contribution in [3.8, 4) is 11.3 Å². The number of hydrogen-bond donors (Lipinski definition) is 1. The molecular formula is C16H23N3O. The summed E-state index contributed by atoms with van der Waals surface area (Å²) in [7, 11) is 4.06. The molecule has 0 amide bonds. The van der Waals surface area contributed by atoms with E-state index in [-0.39, 0.29) is 0 Å². The minimum atomic E-state index is 0.627. The molecule has 0 saturated heterocycles. The second-order valence-corrected chi connectivity index (χ2v) is 5.60. The summed E-state index contributed by atoms with van der Waals surface area (Å²) in [5.41, 5.74) is 3.18. The average Bonchev–Trinajstić information content (AvgIpc) is 2.87. The third-order valence-corrected chi connectivity index (χ3v) is 3.11. The standard InChI is InChI=1S/C16H23N3O/c1-12(2)9-17-10-15-16(20-11-18-15)13-6-5-7-14(8-13)19(3)4/h5-8,11-12,17H,9-10H2,1-4H3. The van der Waals surface area contributed by atoms with Crippen LogP contribution < -0.4 is 10.2 Å². The van der Waals surface area contributed by atoms with Crippen molar-refractivity contribution < 1.29 is 4.42 Å². The van der Waals surface area contributed by atoms with Crippen LogP contribution in [0.3, 0.4) is 0 Å². The van der Waals surface area contributed by atoms with Crippen molar-refractivity contribution in [2.45, 2.75) is 20.4 Å². The molecule has 0 unspecified atom stereocenters. The highest BCUT2D eigenvalue weighted by atomic mass is 16.3. The molecule has 4 heteroatoms. The second-order valence-electron chi connectivity index (χ2n) is 5.60. The van der Waals surface area contributed by atoms with Gasteiger partial charge in [0.05, 0.1) is 0 Å². The number of anilines is 1. The molecule has 2 aromatic rings. The lowest BCUT2D eigenvalue weighted by Gasteiger charge is -2.13. The van der Waals surface area contributed by atoms with Crippen LogP contribution in [0.15, 0.2) is 35.1 Å². The summed E-state index contributed by atoms with van der Waals surface area (Å²) >= 11 is 0. The highest BCUT2D eigenvalue weighted by Gasteiger charge is 2.11. The molecule has 1 N–H and O–H groups in total. The van der Waals surface area contributed by atoms with Crippen LogP contribution in [0.1, 0.15) is 19.5 Å². The molecule has 1 heterocycles. The van der Waals surface area contributed by atoms with E-state index in [0.717, 1.165) is 35.8 Å². The van der Waals surface area contributed by atoms with E-state index in [9.17, 15) is 0 Å². The Bertz CT molecular complexity index is 546. The van der Waals surface area contributed by atoms with Crippen molar-refractivity contribution in [2.75, 3.05) is 25.5 Å².